The number of amides is 1. The van der Waals surface area contributed by atoms with Gasteiger partial charge < -0.3 is 25.3 Å². The van der Waals surface area contributed by atoms with Crippen molar-refractivity contribution in [3.05, 3.63) is 77.0 Å². The van der Waals surface area contributed by atoms with Gasteiger partial charge in [0.15, 0.2) is 6.10 Å². The van der Waals surface area contributed by atoms with Gasteiger partial charge >= 0.3 is 12.1 Å². The van der Waals surface area contributed by atoms with Gasteiger partial charge in [-0.2, -0.15) is 13.2 Å². The molecule has 1 aliphatic carbocycles. The Labute approximate surface area is 230 Å². The maximum absolute atomic E-state index is 13.0. The number of hydrogen-bond donors (Lipinski definition) is 4. The summed E-state index contributed by atoms with van der Waals surface area (Å²) in [5.74, 6) is -0.317. The number of aliphatic carboxylic acids is 1. The Balaban J connectivity index is 1.57. The van der Waals surface area contributed by atoms with Gasteiger partial charge in [-0.15, -0.1) is 0 Å². The van der Waals surface area contributed by atoms with Crippen LogP contribution in [0.1, 0.15) is 72.3 Å². The average Bonchev–Trinajstić information content (AvgIpc) is 3.39. The van der Waals surface area contributed by atoms with E-state index in [2.05, 4.69) is 10.6 Å². The summed E-state index contributed by atoms with van der Waals surface area (Å²) in [6.45, 7) is 1.57. The Morgan fingerprint density at radius 1 is 1.02 bits per heavy atom. The van der Waals surface area contributed by atoms with Gasteiger partial charge in [-0.3, -0.25) is 4.79 Å². The Bertz CT molecular complexity index is 1300. The molecule has 1 amide bonds. The second kappa shape index (κ2) is 12.6. The molecule has 0 saturated heterocycles. The van der Waals surface area contributed by atoms with Crippen molar-refractivity contribution in [2.24, 2.45) is 5.92 Å². The lowest BCUT2D eigenvalue weighted by Gasteiger charge is -2.32. The lowest BCUT2D eigenvalue weighted by atomic mass is 9.80. The number of aliphatic hydroxyl groups excluding tert-OH is 1. The van der Waals surface area contributed by atoms with E-state index in [4.69, 9.17) is 9.52 Å². The number of benzene rings is 2. The standard InChI is InChI=1S/C30H33F3N2O5/c1-2-25-23(16-26(40-25)18-8-12-21(13-9-18)30(31,32)33)27(19-6-4-3-5-7-19)35-22-14-10-20(11-15-22)28(37)34-17-24(36)29(38)39/h8-16,19,24,27,35-36H,2-7,17H2,1H3,(H,34,37)(H,38,39). The topological polar surface area (TPSA) is 112 Å². The molecule has 2 atom stereocenters. The molecular weight excluding hydrogens is 525 g/mol. The second-order valence-corrected chi connectivity index (χ2v) is 10.1. The molecule has 1 saturated carbocycles. The summed E-state index contributed by atoms with van der Waals surface area (Å²) in [5.41, 5.74) is 1.92. The predicted molar refractivity (Wildman–Crippen MR) is 144 cm³/mol. The molecule has 214 valence electrons. The molecule has 40 heavy (non-hydrogen) atoms. The van der Waals surface area contributed by atoms with Crippen LogP contribution in [0.3, 0.4) is 0 Å². The van der Waals surface area contributed by atoms with E-state index in [1.165, 1.54) is 18.6 Å². The van der Waals surface area contributed by atoms with Crippen LogP contribution in [0.5, 0.6) is 0 Å². The summed E-state index contributed by atoms with van der Waals surface area (Å²) in [6.07, 6.45) is -0.0506. The van der Waals surface area contributed by atoms with Gasteiger partial charge in [-0.25, -0.2) is 4.79 Å². The molecule has 0 bridgehead atoms. The number of anilines is 1. The first kappa shape index (κ1) is 29.2. The SMILES string of the molecule is CCc1oc(-c2ccc(C(F)(F)F)cc2)cc1C(Nc1ccc(C(=O)NCC(O)C(=O)O)cc1)C1CCCCC1. The Hall–Kier alpha value is -3.79. The fourth-order valence-electron chi connectivity index (χ4n) is 5.14. The average molecular weight is 559 g/mol. The molecule has 1 aromatic heterocycles. The number of nitrogens with one attached hydrogen (secondary N) is 2. The normalized spacial score (nSPS) is 15.8. The van der Waals surface area contributed by atoms with E-state index in [9.17, 15) is 27.9 Å². The number of rotatable bonds is 10. The number of furan rings is 1. The number of carboxylic acid groups (broad SMARTS) is 1. The zero-order chi connectivity index (χ0) is 28.9. The third-order valence-electron chi connectivity index (χ3n) is 7.33. The molecule has 4 rings (SSSR count). The summed E-state index contributed by atoms with van der Waals surface area (Å²) < 4.78 is 45.3. The fourth-order valence-corrected chi connectivity index (χ4v) is 5.14. The van der Waals surface area contributed by atoms with E-state index in [0.29, 0.717) is 29.2 Å². The third-order valence-corrected chi connectivity index (χ3v) is 7.33. The fraction of sp³-hybridized carbons (Fsp3) is 0.400. The van der Waals surface area contributed by atoms with Crippen molar-refractivity contribution < 1.29 is 37.4 Å². The number of alkyl halides is 3. The van der Waals surface area contributed by atoms with E-state index >= 15 is 0 Å². The highest BCUT2D eigenvalue weighted by molar-refractivity contribution is 5.94. The van der Waals surface area contributed by atoms with Crippen molar-refractivity contribution in [2.75, 3.05) is 11.9 Å². The zero-order valence-corrected chi connectivity index (χ0v) is 22.1. The molecule has 10 heteroatoms. The van der Waals surface area contributed by atoms with Gasteiger partial charge in [0.05, 0.1) is 18.2 Å². The van der Waals surface area contributed by atoms with Crippen LogP contribution in [0.4, 0.5) is 18.9 Å². The highest BCUT2D eigenvalue weighted by Gasteiger charge is 2.31. The third kappa shape index (κ3) is 7.04. The first-order valence-electron chi connectivity index (χ1n) is 13.4. The molecule has 0 spiro atoms. The Kier molecular flexibility index (Phi) is 9.19. The minimum Gasteiger partial charge on any atom is -0.479 e. The number of carbonyl (C=O) groups excluding carboxylic acids is 1. The molecule has 1 heterocycles. The molecule has 2 unspecified atom stereocenters. The van der Waals surface area contributed by atoms with Gasteiger partial charge in [0.2, 0.25) is 0 Å². The first-order valence-corrected chi connectivity index (χ1v) is 13.4. The van der Waals surface area contributed by atoms with E-state index in [0.717, 1.165) is 54.8 Å². The van der Waals surface area contributed by atoms with Gasteiger partial charge in [0.1, 0.15) is 11.5 Å². The number of aliphatic hydroxyl groups is 1. The van der Waals surface area contributed by atoms with Crippen molar-refractivity contribution in [3.8, 4) is 11.3 Å². The highest BCUT2D eigenvalue weighted by Crippen LogP contribution is 2.41. The van der Waals surface area contributed by atoms with Crippen LogP contribution in [-0.2, 0) is 17.4 Å². The summed E-state index contributed by atoms with van der Waals surface area (Å²) in [4.78, 5) is 23.1. The molecule has 3 aromatic rings. The van der Waals surface area contributed by atoms with Crippen molar-refractivity contribution in [2.45, 2.75) is 63.8 Å². The van der Waals surface area contributed by atoms with Crippen LogP contribution in [-0.4, -0.2) is 34.7 Å². The van der Waals surface area contributed by atoms with Gasteiger partial charge in [-0.05, 0) is 61.2 Å². The smallest absolute Gasteiger partial charge is 0.416 e. The number of aryl methyl sites for hydroxylation is 1. The molecular formula is C30H33F3N2O5. The Morgan fingerprint density at radius 3 is 2.25 bits per heavy atom. The predicted octanol–water partition coefficient (Wildman–Crippen LogP) is 6.44. The lowest BCUT2D eigenvalue weighted by molar-refractivity contribution is -0.146. The van der Waals surface area contributed by atoms with Crippen molar-refractivity contribution >= 4 is 17.6 Å². The summed E-state index contributed by atoms with van der Waals surface area (Å²) >= 11 is 0. The maximum Gasteiger partial charge on any atom is 0.416 e. The second-order valence-electron chi connectivity index (χ2n) is 10.1. The van der Waals surface area contributed by atoms with Crippen LogP contribution in [0.25, 0.3) is 11.3 Å². The van der Waals surface area contributed by atoms with E-state index < -0.39 is 36.3 Å². The molecule has 1 fully saturated rings. The molecule has 7 nitrogen and oxygen atoms in total. The minimum atomic E-state index is -4.41. The first-order chi connectivity index (χ1) is 19.1. The highest BCUT2D eigenvalue weighted by atomic mass is 19.4. The molecule has 1 aliphatic rings. The number of halogens is 3. The molecule has 0 aliphatic heterocycles. The van der Waals surface area contributed by atoms with Crippen LogP contribution >= 0.6 is 0 Å². The summed E-state index contributed by atoms with van der Waals surface area (Å²) in [7, 11) is 0. The Morgan fingerprint density at radius 2 is 1.68 bits per heavy atom. The van der Waals surface area contributed by atoms with Gasteiger partial charge in [0.25, 0.3) is 5.91 Å². The molecule has 0 radical (unpaired) electrons. The van der Waals surface area contributed by atoms with E-state index in [1.807, 2.05) is 13.0 Å². The van der Waals surface area contributed by atoms with Crippen molar-refractivity contribution in [3.63, 3.8) is 0 Å². The van der Waals surface area contributed by atoms with Crippen molar-refractivity contribution in [1.82, 2.24) is 5.32 Å². The van der Waals surface area contributed by atoms with Crippen molar-refractivity contribution in [1.29, 1.82) is 0 Å². The quantitative estimate of drug-likeness (QED) is 0.228. The maximum atomic E-state index is 13.0. The number of hydrogen-bond acceptors (Lipinski definition) is 5. The van der Waals surface area contributed by atoms with Gasteiger partial charge in [0, 0.05) is 28.8 Å². The summed E-state index contributed by atoms with van der Waals surface area (Å²) in [5, 5.41) is 24.2. The van der Waals surface area contributed by atoms with Crippen LogP contribution < -0.4 is 10.6 Å². The van der Waals surface area contributed by atoms with E-state index in [-0.39, 0.29) is 6.04 Å². The minimum absolute atomic E-state index is 0.104. The van der Waals surface area contributed by atoms with Crippen LogP contribution in [0.2, 0.25) is 0 Å². The zero-order valence-electron chi connectivity index (χ0n) is 22.1. The number of carbonyl (C=O) groups is 2. The number of carboxylic acids is 1. The van der Waals surface area contributed by atoms with Crippen LogP contribution in [0, 0.1) is 5.92 Å². The van der Waals surface area contributed by atoms with Crippen LogP contribution in [0.15, 0.2) is 59.0 Å². The lowest BCUT2D eigenvalue weighted by Crippen LogP contribution is -2.36. The molecule has 2 aromatic carbocycles. The monoisotopic (exact) mass is 558 g/mol. The summed E-state index contributed by atoms with van der Waals surface area (Å²) in [6, 6.07) is 13.5. The van der Waals surface area contributed by atoms with Gasteiger partial charge in [-0.1, -0.05) is 38.3 Å². The largest absolute Gasteiger partial charge is 0.479 e. The molecule has 4 N–H and O–H groups in total. The van der Waals surface area contributed by atoms with E-state index in [1.54, 1.807) is 24.3 Å².